The first-order valence-corrected chi connectivity index (χ1v) is 17.4. The van der Waals surface area contributed by atoms with Crippen LogP contribution in [0, 0.1) is 0 Å². The summed E-state index contributed by atoms with van der Waals surface area (Å²) >= 11 is 1.38. The molecule has 3 amide bonds. The Hall–Kier alpha value is -6.33. The number of fused-ring (bicyclic) bond motifs is 1. The lowest BCUT2D eigenvalue weighted by atomic mass is 10.1. The number of aromatic nitrogens is 1. The van der Waals surface area contributed by atoms with E-state index in [1.54, 1.807) is 66.7 Å². The largest absolute Gasteiger partial charge is 0.493 e. The molecule has 1 heterocycles. The highest BCUT2D eigenvalue weighted by Crippen LogP contribution is 2.33. The highest BCUT2D eigenvalue weighted by molar-refractivity contribution is 8.00. The third kappa shape index (κ3) is 8.51. The predicted molar refractivity (Wildman–Crippen MR) is 205 cm³/mol. The molecule has 3 N–H and O–H groups in total. The summed E-state index contributed by atoms with van der Waals surface area (Å²) in [6.45, 7) is 1.94. The fourth-order valence-corrected chi connectivity index (χ4v) is 6.38. The average molecular weight is 713 g/mol. The van der Waals surface area contributed by atoms with Gasteiger partial charge in [0.2, 0.25) is 11.8 Å². The van der Waals surface area contributed by atoms with E-state index in [0.29, 0.717) is 51.9 Å². The fourth-order valence-electron chi connectivity index (χ4n) is 5.37. The Morgan fingerprint density at radius 3 is 2.29 bits per heavy atom. The fraction of sp³-hybridized carbons (Fsp3) is 0.122. The molecule has 5 aromatic carbocycles. The molecular weight excluding hydrogens is 677 g/mol. The van der Waals surface area contributed by atoms with Gasteiger partial charge < -0.3 is 29.8 Å². The molecule has 1 atom stereocenters. The number of oxazole rings is 1. The molecule has 0 saturated heterocycles. The molecule has 0 spiro atoms. The van der Waals surface area contributed by atoms with Gasteiger partial charge in [0.1, 0.15) is 11.2 Å². The van der Waals surface area contributed by atoms with Gasteiger partial charge in [-0.05, 0) is 85.3 Å². The zero-order valence-corrected chi connectivity index (χ0v) is 29.5. The number of ether oxygens (including phenoxy) is 2. The first kappa shape index (κ1) is 35.5. The molecule has 6 rings (SSSR count). The van der Waals surface area contributed by atoms with Gasteiger partial charge >= 0.3 is 0 Å². The molecule has 52 heavy (non-hydrogen) atoms. The quantitative estimate of drug-likeness (QED) is 0.0804. The van der Waals surface area contributed by atoms with Crippen molar-refractivity contribution >= 4 is 58.0 Å². The summed E-state index contributed by atoms with van der Waals surface area (Å²) in [7, 11) is 3.02. The maximum Gasteiger partial charge on any atom is 0.272 e. The summed E-state index contributed by atoms with van der Waals surface area (Å²) in [4.78, 5) is 45.6. The van der Waals surface area contributed by atoms with Crippen LogP contribution in [0.4, 0.5) is 11.4 Å². The van der Waals surface area contributed by atoms with Crippen molar-refractivity contribution in [2.24, 2.45) is 0 Å². The Kier molecular flexibility index (Phi) is 11.3. The van der Waals surface area contributed by atoms with Crippen LogP contribution < -0.4 is 25.4 Å². The second-order valence-corrected chi connectivity index (χ2v) is 12.8. The minimum atomic E-state index is -0.553. The summed E-state index contributed by atoms with van der Waals surface area (Å²) in [5.41, 5.74) is 4.33. The lowest BCUT2D eigenvalue weighted by Crippen LogP contribution is -2.30. The Morgan fingerprint density at radius 2 is 1.56 bits per heavy atom. The number of carbonyl (C=O) groups is 3. The number of hydrogen-bond acceptors (Lipinski definition) is 8. The van der Waals surface area contributed by atoms with Crippen molar-refractivity contribution in [3.8, 4) is 23.0 Å². The molecule has 10 nitrogen and oxygen atoms in total. The second-order valence-electron chi connectivity index (χ2n) is 11.5. The van der Waals surface area contributed by atoms with Crippen molar-refractivity contribution in [2.45, 2.75) is 23.5 Å². The lowest BCUT2D eigenvalue weighted by Gasteiger charge is -2.16. The Morgan fingerprint density at radius 1 is 0.808 bits per heavy atom. The van der Waals surface area contributed by atoms with Crippen molar-refractivity contribution in [1.29, 1.82) is 0 Å². The van der Waals surface area contributed by atoms with Crippen molar-refractivity contribution in [3.05, 3.63) is 138 Å². The number of nitrogens with one attached hydrogen (secondary N) is 3. The van der Waals surface area contributed by atoms with Crippen LogP contribution in [0.3, 0.4) is 0 Å². The molecule has 0 aliphatic rings. The topological polar surface area (TPSA) is 132 Å². The van der Waals surface area contributed by atoms with Gasteiger partial charge in [-0.3, -0.25) is 14.4 Å². The predicted octanol–water partition coefficient (Wildman–Crippen LogP) is 8.43. The molecule has 0 radical (unpaired) electrons. The van der Waals surface area contributed by atoms with Gasteiger partial charge in [0.15, 0.2) is 17.1 Å². The summed E-state index contributed by atoms with van der Waals surface area (Å²) in [6, 6.07) is 36.0. The first-order valence-electron chi connectivity index (χ1n) is 16.5. The first-order chi connectivity index (χ1) is 25.3. The molecule has 0 fully saturated rings. The van der Waals surface area contributed by atoms with Crippen molar-refractivity contribution < 1.29 is 28.3 Å². The number of rotatable bonds is 13. The summed E-state index contributed by atoms with van der Waals surface area (Å²) in [6.07, 6.45) is 2.10. The van der Waals surface area contributed by atoms with Crippen LogP contribution in [0.25, 0.3) is 28.6 Å². The monoisotopic (exact) mass is 712 g/mol. The van der Waals surface area contributed by atoms with Crippen molar-refractivity contribution in [3.63, 3.8) is 0 Å². The molecule has 262 valence electrons. The van der Waals surface area contributed by atoms with Crippen LogP contribution >= 0.6 is 11.8 Å². The number of nitrogens with zero attached hydrogens (tertiary/aromatic N) is 1. The number of thioether (sulfide) groups is 1. The number of amides is 3. The smallest absolute Gasteiger partial charge is 0.272 e. The third-order valence-electron chi connectivity index (χ3n) is 7.99. The van der Waals surface area contributed by atoms with Gasteiger partial charge in [0, 0.05) is 33.0 Å². The van der Waals surface area contributed by atoms with Crippen LogP contribution in [0.5, 0.6) is 11.5 Å². The lowest BCUT2D eigenvalue weighted by molar-refractivity contribution is -0.116. The Labute approximate surface area is 305 Å². The summed E-state index contributed by atoms with van der Waals surface area (Å²) in [5.74, 6) is 0.229. The van der Waals surface area contributed by atoms with Gasteiger partial charge in [0.25, 0.3) is 11.8 Å². The average Bonchev–Trinajstić information content (AvgIpc) is 3.62. The Balaban J connectivity index is 1.15. The van der Waals surface area contributed by atoms with E-state index in [2.05, 4.69) is 20.9 Å². The summed E-state index contributed by atoms with van der Waals surface area (Å²) < 4.78 is 16.8. The maximum absolute atomic E-state index is 13.8. The van der Waals surface area contributed by atoms with Crippen LogP contribution in [-0.2, 0) is 9.59 Å². The molecule has 0 saturated carbocycles. The zero-order chi connectivity index (χ0) is 36.5. The summed E-state index contributed by atoms with van der Waals surface area (Å²) in [5, 5.41) is 8.23. The maximum atomic E-state index is 13.8. The number of anilines is 2. The van der Waals surface area contributed by atoms with Crippen LogP contribution in [0.1, 0.15) is 29.3 Å². The van der Waals surface area contributed by atoms with Crippen LogP contribution in [-0.4, -0.2) is 42.2 Å². The van der Waals surface area contributed by atoms with E-state index in [1.807, 2.05) is 61.5 Å². The van der Waals surface area contributed by atoms with E-state index in [9.17, 15) is 14.4 Å². The minimum absolute atomic E-state index is 0.00797. The molecule has 0 bridgehead atoms. The van der Waals surface area contributed by atoms with E-state index >= 15 is 0 Å². The SMILES string of the molecule is CCC(Sc1cccc(NC(=O)/C(=C\c2cccc(OC)c2OC)NC(=O)c2ccccc2)c1)C(=O)Nc1ccc(-c2nc3ccccc3o2)cc1. The minimum Gasteiger partial charge on any atom is -0.493 e. The van der Waals surface area contributed by atoms with Crippen molar-refractivity contribution in [1.82, 2.24) is 10.3 Å². The van der Waals surface area contributed by atoms with E-state index in [1.165, 1.54) is 32.1 Å². The molecular formula is C41H36N4O6S. The zero-order valence-electron chi connectivity index (χ0n) is 28.7. The molecule has 11 heteroatoms. The Bertz CT molecular complexity index is 2200. The third-order valence-corrected chi connectivity index (χ3v) is 9.35. The number of benzene rings is 5. The van der Waals surface area contributed by atoms with Gasteiger partial charge in [-0.25, -0.2) is 4.98 Å². The van der Waals surface area contributed by atoms with Crippen LogP contribution in [0.15, 0.2) is 136 Å². The normalized spacial score (nSPS) is 11.8. The van der Waals surface area contributed by atoms with E-state index in [0.717, 1.165) is 16.0 Å². The van der Waals surface area contributed by atoms with Gasteiger partial charge in [0.05, 0.1) is 19.5 Å². The van der Waals surface area contributed by atoms with Crippen LogP contribution in [0.2, 0.25) is 0 Å². The highest BCUT2D eigenvalue weighted by Gasteiger charge is 2.20. The second kappa shape index (κ2) is 16.6. The number of carbonyl (C=O) groups excluding carboxylic acids is 3. The van der Waals surface area contributed by atoms with Gasteiger partial charge in [-0.1, -0.05) is 55.5 Å². The van der Waals surface area contributed by atoms with Gasteiger partial charge in [-0.2, -0.15) is 0 Å². The van der Waals surface area contributed by atoms with Crippen molar-refractivity contribution in [2.75, 3.05) is 24.9 Å². The molecule has 1 aromatic heterocycles. The molecule has 0 aliphatic heterocycles. The highest BCUT2D eigenvalue weighted by atomic mass is 32.2. The van der Waals surface area contributed by atoms with E-state index < -0.39 is 17.1 Å². The standard InChI is InChI=1S/C41H36N4O6S/c1-4-36(40(48)42-29-22-20-27(21-23-29)41-45-32-17-8-9-18-34(32)51-41)52-31-16-11-15-30(25-31)43-39(47)33(44-38(46)26-12-6-5-7-13-26)24-28-14-10-19-35(49-2)37(28)50-3/h5-25,36H,4H2,1-3H3,(H,42,48)(H,43,47)(H,44,46)/b33-24+. The van der Waals surface area contributed by atoms with Gasteiger partial charge in [-0.15, -0.1) is 11.8 Å². The molecule has 1 unspecified atom stereocenters. The number of para-hydroxylation sites is 3. The molecule has 6 aromatic rings. The number of hydrogen-bond donors (Lipinski definition) is 3. The van der Waals surface area contributed by atoms with E-state index in [4.69, 9.17) is 13.9 Å². The van der Waals surface area contributed by atoms with E-state index in [-0.39, 0.29) is 11.6 Å². The number of methoxy groups -OCH3 is 2. The molecule has 0 aliphatic carbocycles.